The molecule has 0 radical (unpaired) electrons. The Hall–Kier alpha value is -1.26. The van der Waals surface area contributed by atoms with Gasteiger partial charge in [-0.15, -0.1) is 0 Å². The van der Waals surface area contributed by atoms with Gasteiger partial charge in [0.05, 0.1) is 29.3 Å². The molecule has 104 valence electrons. The molecule has 0 aliphatic carbocycles. The Morgan fingerprint density at radius 1 is 1.53 bits per heavy atom. The van der Waals surface area contributed by atoms with Gasteiger partial charge in [0.2, 0.25) is 5.91 Å². The third kappa shape index (κ3) is 3.85. The zero-order valence-corrected chi connectivity index (χ0v) is 11.9. The predicted octanol–water partition coefficient (Wildman–Crippen LogP) is 3.10. The Kier molecular flexibility index (Phi) is 4.66. The first-order valence-corrected chi connectivity index (χ1v) is 6.79. The van der Waals surface area contributed by atoms with Gasteiger partial charge in [0.15, 0.2) is 0 Å². The zero-order valence-electron chi connectivity index (χ0n) is 11.1. The summed E-state index contributed by atoms with van der Waals surface area (Å²) in [5.74, 6) is 0.571. The molecule has 1 aliphatic heterocycles. The molecule has 1 amide bonds. The fourth-order valence-electron chi connectivity index (χ4n) is 1.92. The predicted molar refractivity (Wildman–Crippen MR) is 74.8 cm³/mol. The van der Waals surface area contributed by atoms with Crippen LogP contribution in [0, 0.1) is 5.92 Å². The molecule has 1 N–H and O–H groups in total. The maximum absolute atomic E-state index is 11.9. The highest BCUT2D eigenvalue weighted by atomic mass is 35.5. The quantitative estimate of drug-likeness (QED) is 0.924. The molecule has 1 fully saturated rings. The molecule has 0 spiro atoms. The van der Waals surface area contributed by atoms with Crippen molar-refractivity contribution in [3.63, 3.8) is 0 Å². The second-order valence-corrected chi connectivity index (χ2v) is 5.27. The summed E-state index contributed by atoms with van der Waals surface area (Å²) in [6.45, 7) is 5.03. The highest BCUT2D eigenvalue weighted by molar-refractivity contribution is 6.33. The van der Waals surface area contributed by atoms with Gasteiger partial charge in [-0.2, -0.15) is 0 Å². The minimum Gasteiger partial charge on any atom is -0.491 e. The highest BCUT2D eigenvalue weighted by Crippen LogP contribution is 2.28. The van der Waals surface area contributed by atoms with Crippen molar-refractivity contribution in [2.45, 2.75) is 26.4 Å². The summed E-state index contributed by atoms with van der Waals surface area (Å²) in [4.78, 5) is 11.9. The van der Waals surface area contributed by atoms with Crippen molar-refractivity contribution in [2.24, 2.45) is 5.92 Å². The van der Waals surface area contributed by atoms with E-state index >= 15 is 0 Å². The molecular weight excluding hydrogens is 266 g/mol. The van der Waals surface area contributed by atoms with Crippen LogP contribution >= 0.6 is 11.6 Å². The van der Waals surface area contributed by atoms with Crippen LogP contribution in [0.4, 0.5) is 5.69 Å². The van der Waals surface area contributed by atoms with Crippen LogP contribution in [0.25, 0.3) is 0 Å². The number of amides is 1. The highest BCUT2D eigenvalue weighted by Gasteiger charge is 2.24. The Bertz CT molecular complexity index is 456. The van der Waals surface area contributed by atoms with Crippen LogP contribution < -0.4 is 10.1 Å². The van der Waals surface area contributed by atoms with E-state index in [0.29, 0.717) is 29.7 Å². The van der Waals surface area contributed by atoms with E-state index in [0.717, 1.165) is 6.42 Å². The molecule has 0 saturated carbocycles. The molecule has 2 rings (SSSR count). The van der Waals surface area contributed by atoms with Gasteiger partial charge < -0.3 is 14.8 Å². The average Bonchev–Trinajstić information content (AvgIpc) is 2.85. The van der Waals surface area contributed by atoms with E-state index in [1.807, 2.05) is 13.8 Å². The molecule has 1 saturated heterocycles. The molecule has 1 aromatic rings. The fraction of sp³-hybridized carbons (Fsp3) is 0.500. The molecule has 1 atom stereocenters. The summed E-state index contributed by atoms with van der Waals surface area (Å²) < 4.78 is 10.7. The summed E-state index contributed by atoms with van der Waals surface area (Å²) in [6.07, 6.45) is 0.852. The largest absolute Gasteiger partial charge is 0.491 e. The van der Waals surface area contributed by atoms with E-state index in [1.54, 1.807) is 18.2 Å². The first-order valence-electron chi connectivity index (χ1n) is 6.41. The SMILES string of the molecule is CC(C)Oc1ccc(NC(=O)[C@@H]2CCOC2)c(Cl)c1. The average molecular weight is 284 g/mol. The minimum atomic E-state index is -0.0809. The van der Waals surface area contributed by atoms with Crippen LogP contribution in [-0.2, 0) is 9.53 Å². The van der Waals surface area contributed by atoms with Gasteiger partial charge in [0.1, 0.15) is 5.75 Å². The number of nitrogens with one attached hydrogen (secondary N) is 1. The van der Waals surface area contributed by atoms with Crippen LogP contribution in [0.3, 0.4) is 0 Å². The number of hydrogen-bond donors (Lipinski definition) is 1. The third-order valence-electron chi connectivity index (χ3n) is 2.87. The Morgan fingerprint density at radius 3 is 2.89 bits per heavy atom. The third-order valence-corrected chi connectivity index (χ3v) is 3.18. The van der Waals surface area contributed by atoms with Gasteiger partial charge in [-0.1, -0.05) is 11.6 Å². The summed E-state index contributed by atoms with van der Waals surface area (Å²) >= 11 is 6.14. The van der Waals surface area contributed by atoms with E-state index in [9.17, 15) is 4.79 Å². The summed E-state index contributed by atoms with van der Waals surface area (Å²) in [6, 6.07) is 5.27. The normalized spacial score (nSPS) is 18.6. The van der Waals surface area contributed by atoms with Crippen LogP contribution in [0.1, 0.15) is 20.3 Å². The fourth-order valence-corrected chi connectivity index (χ4v) is 2.14. The lowest BCUT2D eigenvalue weighted by Gasteiger charge is -2.13. The van der Waals surface area contributed by atoms with Crippen molar-refractivity contribution in [3.8, 4) is 5.75 Å². The summed E-state index contributed by atoms with van der Waals surface area (Å²) in [5.41, 5.74) is 0.606. The van der Waals surface area contributed by atoms with E-state index < -0.39 is 0 Å². The van der Waals surface area contributed by atoms with Crippen molar-refractivity contribution in [3.05, 3.63) is 23.2 Å². The number of hydrogen-bond acceptors (Lipinski definition) is 3. The van der Waals surface area contributed by atoms with E-state index in [2.05, 4.69) is 5.32 Å². The molecule has 1 aromatic carbocycles. The number of rotatable bonds is 4. The van der Waals surface area contributed by atoms with Gasteiger partial charge >= 0.3 is 0 Å². The van der Waals surface area contributed by atoms with E-state index in [4.69, 9.17) is 21.1 Å². The standard InChI is InChI=1S/C14H18ClNO3/c1-9(2)19-11-3-4-13(12(15)7-11)16-14(17)10-5-6-18-8-10/h3-4,7,9-10H,5-6,8H2,1-2H3,(H,16,17)/t10-/m1/s1. The van der Waals surface area contributed by atoms with E-state index in [-0.39, 0.29) is 17.9 Å². The molecule has 0 bridgehead atoms. The van der Waals surface area contributed by atoms with Gasteiger partial charge in [0.25, 0.3) is 0 Å². The van der Waals surface area contributed by atoms with Crippen molar-refractivity contribution in [1.82, 2.24) is 0 Å². The number of benzene rings is 1. The lowest BCUT2D eigenvalue weighted by molar-refractivity contribution is -0.119. The lowest BCUT2D eigenvalue weighted by atomic mass is 10.1. The van der Waals surface area contributed by atoms with Crippen molar-refractivity contribution in [2.75, 3.05) is 18.5 Å². The molecular formula is C14H18ClNO3. The molecule has 1 aliphatic rings. The Morgan fingerprint density at radius 2 is 2.32 bits per heavy atom. The molecule has 0 unspecified atom stereocenters. The second-order valence-electron chi connectivity index (χ2n) is 4.86. The lowest BCUT2D eigenvalue weighted by Crippen LogP contribution is -2.23. The molecule has 5 heteroatoms. The Balaban J connectivity index is 2.02. The number of halogens is 1. The molecule has 0 aromatic heterocycles. The van der Waals surface area contributed by atoms with Crippen molar-refractivity contribution in [1.29, 1.82) is 0 Å². The zero-order chi connectivity index (χ0) is 13.8. The van der Waals surface area contributed by atoms with Crippen LogP contribution in [0.15, 0.2) is 18.2 Å². The van der Waals surface area contributed by atoms with Crippen LogP contribution in [-0.4, -0.2) is 25.2 Å². The summed E-state index contributed by atoms with van der Waals surface area (Å²) in [5, 5.41) is 3.30. The number of ether oxygens (including phenoxy) is 2. The van der Waals surface area contributed by atoms with Gasteiger partial charge in [-0.3, -0.25) is 4.79 Å². The second kappa shape index (κ2) is 6.26. The molecule has 4 nitrogen and oxygen atoms in total. The monoisotopic (exact) mass is 283 g/mol. The number of anilines is 1. The number of carbonyl (C=O) groups is 1. The first-order chi connectivity index (χ1) is 9.06. The van der Waals surface area contributed by atoms with Gasteiger partial charge in [0, 0.05) is 12.7 Å². The number of carbonyl (C=O) groups excluding carboxylic acids is 1. The first kappa shape index (κ1) is 14.2. The van der Waals surface area contributed by atoms with Crippen LogP contribution in [0.2, 0.25) is 5.02 Å². The topological polar surface area (TPSA) is 47.6 Å². The maximum Gasteiger partial charge on any atom is 0.229 e. The maximum atomic E-state index is 11.9. The Labute approximate surface area is 118 Å². The van der Waals surface area contributed by atoms with Gasteiger partial charge in [-0.05, 0) is 32.4 Å². The van der Waals surface area contributed by atoms with Crippen molar-refractivity contribution < 1.29 is 14.3 Å². The van der Waals surface area contributed by atoms with Gasteiger partial charge in [-0.25, -0.2) is 0 Å². The minimum absolute atomic E-state index is 0.0445. The molecule has 19 heavy (non-hydrogen) atoms. The van der Waals surface area contributed by atoms with Crippen molar-refractivity contribution >= 4 is 23.2 Å². The van der Waals surface area contributed by atoms with Crippen LogP contribution in [0.5, 0.6) is 5.75 Å². The smallest absolute Gasteiger partial charge is 0.229 e. The molecule has 1 heterocycles. The van der Waals surface area contributed by atoms with E-state index in [1.165, 1.54) is 0 Å². The summed E-state index contributed by atoms with van der Waals surface area (Å²) in [7, 11) is 0.